The SMILES string of the molecule is Cc1ccc(N)cc1S(=O)(=O)N1CCC(C)CC1C. The van der Waals surface area contributed by atoms with E-state index in [2.05, 4.69) is 6.92 Å². The van der Waals surface area contributed by atoms with Crippen LogP contribution in [0.5, 0.6) is 0 Å². The van der Waals surface area contributed by atoms with Gasteiger partial charge in [-0.3, -0.25) is 0 Å². The maximum absolute atomic E-state index is 12.7. The molecule has 19 heavy (non-hydrogen) atoms. The van der Waals surface area contributed by atoms with Crippen LogP contribution < -0.4 is 5.73 Å². The van der Waals surface area contributed by atoms with Gasteiger partial charge in [-0.15, -0.1) is 0 Å². The summed E-state index contributed by atoms with van der Waals surface area (Å²) in [5.74, 6) is 0.586. The van der Waals surface area contributed by atoms with Gasteiger partial charge in [-0.05, 0) is 50.3 Å². The normalized spacial score (nSPS) is 25.4. The van der Waals surface area contributed by atoms with Crippen LogP contribution >= 0.6 is 0 Å². The second-order valence-corrected chi connectivity index (χ2v) is 7.48. The topological polar surface area (TPSA) is 63.4 Å². The summed E-state index contributed by atoms with van der Waals surface area (Å²) in [5.41, 5.74) is 6.97. The van der Waals surface area contributed by atoms with Crippen LogP contribution in [0.15, 0.2) is 23.1 Å². The van der Waals surface area contributed by atoms with Gasteiger partial charge >= 0.3 is 0 Å². The Morgan fingerprint density at radius 3 is 2.63 bits per heavy atom. The van der Waals surface area contributed by atoms with Gasteiger partial charge in [0.15, 0.2) is 0 Å². The Morgan fingerprint density at radius 2 is 2.00 bits per heavy atom. The molecule has 2 atom stereocenters. The minimum atomic E-state index is -3.43. The van der Waals surface area contributed by atoms with E-state index in [4.69, 9.17) is 5.73 Å². The maximum atomic E-state index is 12.7. The molecule has 1 aliphatic heterocycles. The molecule has 4 nitrogen and oxygen atoms in total. The van der Waals surface area contributed by atoms with Gasteiger partial charge in [-0.1, -0.05) is 13.0 Å². The van der Waals surface area contributed by atoms with Gasteiger partial charge in [-0.25, -0.2) is 8.42 Å². The van der Waals surface area contributed by atoms with Crippen molar-refractivity contribution >= 4 is 15.7 Å². The predicted molar refractivity (Wildman–Crippen MR) is 77.3 cm³/mol. The standard InChI is InChI=1S/C14H22N2O2S/c1-10-6-7-16(12(3)8-10)19(17,18)14-9-13(15)5-4-11(14)2/h4-5,9-10,12H,6-8,15H2,1-3H3. The third-order valence-corrected chi connectivity index (χ3v) is 6.03. The van der Waals surface area contributed by atoms with E-state index in [9.17, 15) is 8.42 Å². The minimum Gasteiger partial charge on any atom is -0.399 e. The van der Waals surface area contributed by atoms with E-state index in [1.165, 1.54) is 0 Å². The van der Waals surface area contributed by atoms with Crippen molar-refractivity contribution in [3.63, 3.8) is 0 Å². The molecule has 0 saturated carbocycles. The lowest BCUT2D eigenvalue weighted by Crippen LogP contribution is -2.44. The summed E-state index contributed by atoms with van der Waals surface area (Å²) in [4.78, 5) is 0.342. The number of piperidine rings is 1. The average molecular weight is 282 g/mol. The lowest BCUT2D eigenvalue weighted by Gasteiger charge is -2.35. The fourth-order valence-corrected chi connectivity index (χ4v) is 4.68. The van der Waals surface area contributed by atoms with Crippen LogP contribution in [0.1, 0.15) is 32.3 Å². The zero-order valence-electron chi connectivity index (χ0n) is 11.8. The summed E-state index contributed by atoms with van der Waals surface area (Å²) in [5, 5.41) is 0. The summed E-state index contributed by atoms with van der Waals surface area (Å²) < 4.78 is 27.1. The average Bonchev–Trinajstić information content (AvgIpc) is 2.31. The van der Waals surface area contributed by atoms with Crippen LogP contribution in [0.25, 0.3) is 0 Å². The number of sulfonamides is 1. The molecule has 0 radical (unpaired) electrons. The van der Waals surface area contributed by atoms with Crippen LogP contribution in [0.3, 0.4) is 0 Å². The Bertz CT molecular complexity index is 569. The van der Waals surface area contributed by atoms with Gasteiger partial charge in [0, 0.05) is 18.3 Å². The third kappa shape index (κ3) is 2.77. The van der Waals surface area contributed by atoms with E-state index in [0.29, 0.717) is 23.0 Å². The van der Waals surface area contributed by atoms with Gasteiger partial charge in [0.25, 0.3) is 0 Å². The van der Waals surface area contributed by atoms with Crippen molar-refractivity contribution in [2.45, 2.75) is 44.6 Å². The molecule has 1 heterocycles. The third-order valence-electron chi connectivity index (χ3n) is 3.88. The number of nitrogens with zero attached hydrogens (tertiary/aromatic N) is 1. The summed E-state index contributed by atoms with van der Waals surface area (Å²) in [6.07, 6.45) is 1.84. The quantitative estimate of drug-likeness (QED) is 0.847. The van der Waals surface area contributed by atoms with E-state index in [-0.39, 0.29) is 6.04 Å². The zero-order valence-corrected chi connectivity index (χ0v) is 12.6. The second kappa shape index (κ2) is 5.13. The highest BCUT2D eigenvalue weighted by molar-refractivity contribution is 7.89. The minimum absolute atomic E-state index is 0.0505. The van der Waals surface area contributed by atoms with Crippen molar-refractivity contribution < 1.29 is 8.42 Å². The first-order valence-corrected chi connectivity index (χ1v) is 8.14. The molecule has 2 rings (SSSR count). The van der Waals surface area contributed by atoms with Gasteiger partial charge < -0.3 is 5.73 Å². The summed E-state index contributed by atoms with van der Waals surface area (Å²) >= 11 is 0. The molecule has 0 spiro atoms. The van der Waals surface area contributed by atoms with Gasteiger partial charge in [0.05, 0.1) is 4.90 Å². The Labute approximate surface area is 115 Å². The van der Waals surface area contributed by atoms with Crippen LogP contribution in [-0.4, -0.2) is 25.3 Å². The summed E-state index contributed by atoms with van der Waals surface area (Å²) in [6.45, 7) is 6.56. The number of nitrogens with two attached hydrogens (primary N) is 1. The number of nitrogen functional groups attached to an aromatic ring is 1. The smallest absolute Gasteiger partial charge is 0.243 e. The van der Waals surface area contributed by atoms with Crippen LogP contribution in [-0.2, 0) is 10.0 Å². The molecule has 1 saturated heterocycles. The molecule has 1 aromatic carbocycles. The fourth-order valence-electron chi connectivity index (χ4n) is 2.76. The van der Waals surface area contributed by atoms with Crippen LogP contribution in [0, 0.1) is 12.8 Å². The largest absolute Gasteiger partial charge is 0.399 e. The highest BCUT2D eigenvalue weighted by Crippen LogP contribution is 2.30. The molecule has 1 fully saturated rings. The molecule has 5 heteroatoms. The Morgan fingerprint density at radius 1 is 1.32 bits per heavy atom. The van der Waals surface area contributed by atoms with E-state index in [0.717, 1.165) is 18.4 Å². The molecule has 1 aliphatic rings. The molecular weight excluding hydrogens is 260 g/mol. The van der Waals surface area contributed by atoms with Crippen LogP contribution in [0.4, 0.5) is 5.69 Å². The van der Waals surface area contributed by atoms with E-state index >= 15 is 0 Å². The molecule has 106 valence electrons. The van der Waals surface area contributed by atoms with Crippen molar-refractivity contribution in [3.8, 4) is 0 Å². The monoisotopic (exact) mass is 282 g/mol. The number of benzene rings is 1. The van der Waals surface area contributed by atoms with Crippen LogP contribution in [0.2, 0.25) is 0 Å². The highest BCUT2D eigenvalue weighted by atomic mass is 32.2. The second-order valence-electron chi connectivity index (χ2n) is 5.62. The number of rotatable bonds is 2. The molecule has 0 aromatic heterocycles. The molecule has 2 unspecified atom stereocenters. The molecule has 0 amide bonds. The number of anilines is 1. The molecule has 0 bridgehead atoms. The lowest BCUT2D eigenvalue weighted by molar-refractivity contribution is 0.220. The van der Waals surface area contributed by atoms with Crippen molar-refractivity contribution in [2.24, 2.45) is 5.92 Å². The number of aryl methyl sites for hydroxylation is 1. The molecular formula is C14H22N2O2S. The number of hydrogen-bond acceptors (Lipinski definition) is 3. The Kier molecular flexibility index (Phi) is 3.87. The zero-order chi connectivity index (χ0) is 14.2. The number of hydrogen-bond donors (Lipinski definition) is 1. The molecule has 2 N–H and O–H groups in total. The van der Waals surface area contributed by atoms with Crippen molar-refractivity contribution in [1.29, 1.82) is 0 Å². The maximum Gasteiger partial charge on any atom is 0.243 e. The van der Waals surface area contributed by atoms with E-state index in [1.807, 2.05) is 13.8 Å². The fraction of sp³-hybridized carbons (Fsp3) is 0.571. The lowest BCUT2D eigenvalue weighted by atomic mass is 9.95. The first kappa shape index (κ1) is 14.3. The Balaban J connectivity index is 2.39. The first-order chi connectivity index (χ1) is 8.82. The predicted octanol–water partition coefficient (Wildman–Crippen LogP) is 2.39. The summed E-state index contributed by atoms with van der Waals surface area (Å²) in [7, 11) is -3.43. The van der Waals surface area contributed by atoms with E-state index < -0.39 is 10.0 Å². The Hall–Kier alpha value is -1.07. The van der Waals surface area contributed by atoms with Gasteiger partial charge in [0.2, 0.25) is 10.0 Å². The van der Waals surface area contributed by atoms with Gasteiger partial charge in [-0.2, -0.15) is 4.31 Å². The highest BCUT2D eigenvalue weighted by Gasteiger charge is 2.33. The molecule has 0 aliphatic carbocycles. The molecule has 1 aromatic rings. The first-order valence-electron chi connectivity index (χ1n) is 6.70. The van der Waals surface area contributed by atoms with E-state index in [1.54, 1.807) is 22.5 Å². The summed E-state index contributed by atoms with van der Waals surface area (Å²) in [6, 6.07) is 5.11. The van der Waals surface area contributed by atoms with Crippen molar-refractivity contribution in [1.82, 2.24) is 4.31 Å². The van der Waals surface area contributed by atoms with Gasteiger partial charge in [0.1, 0.15) is 0 Å². The van der Waals surface area contributed by atoms with Crippen molar-refractivity contribution in [3.05, 3.63) is 23.8 Å². The van der Waals surface area contributed by atoms with Crippen molar-refractivity contribution in [2.75, 3.05) is 12.3 Å².